The fourth-order valence-corrected chi connectivity index (χ4v) is 5.96. The number of hydrogen-bond donors (Lipinski definition) is 1. The summed E-state index contributed by atoms with van der Waals surface area (Å²) in [5, 5.41) is 2.16. The van der Waals surface area contributed by atoms with Crippen LogP contribution in [0.4, 0.5) is 0 Å². The van der Waals surface area contributed by atoms with E-state index >= 15 is 0 Å². The first-order valence-corrected chi connectivity index (χ1v) is 14.6. The number of methoxy groups -OCH3 is 1. The number of aromatic nitrogens is 1. The van der Waals surface area contributed by atoms with Gasteiger partial charge in [-0.25, -0.2) is 0 Å². The second kappa shape index (κ2) is 13.2. The highest BCUT2D eigenvalue weighted by molar-refractivity contribution is 6.31. The number of fused-ring (bicyclic) bond motifs is 1. The Kier molecular flexibility index (Phi) is 9.45. The lowest BCUT2D eigenvalue weighted by Gasteiger charge is -2.35. The van der Waals surface area contributed by atoms with Gasteiger partial charge in [-0.1, -0.05) is 41.9 Å². The molecule has 2 N–H and O–H groups in total. The van der Waals surface area contributed by atoms with Crippen LogP contribution in [0.25, 0.3) is 22.0 Å². The van der Waals surface area contributed by atoms with E-state index in [0.717, 1.165) is 69.6 Å². The predicted octanol–water partition coefficient (Wildman–Crippen LogP) is 5.70. The molecule has 0 bridgehead atoms. The highest BCUT2D eigenvalue weighted by atomic mass is 35.5. The summed E-state index contributed by atoms with van der Waals surface area (Å²) in [6, 6.07) is 21.6. The third-order valence-electron chi connectivity index (χ3n) is 7.86. The zero-order chi connectivity index (χ0) is 28.1. The Bertz CT molecular complexity index is 1420. The molecule has 1 aromatic heterocycles. The third-order valence-corrected chi connectivity index (χ3v) is 8.23. The van der Waals surface area contributed by atoms with Crippen molar-refractivity contribution < 1.29 is 4.74 Å². The molecule has 2 heterocycles. The van der Waals surface area contributed by atoms with E-state index in [2.05, 4.69) is 88.1 Å². The summed E-state index contributed by atoms with van der Waals surface area (Å²) in [6.07, 6.45) is 3.27. The normalized spacial score (nSPS) is 14.8. The smallest absolute Gasteiger partial charge is 0.119 e. The molecule has 1 aliphatic rings. The summed E-state index contributed by atoms with van der Waals surface area (Å²) >= 11 is 6.41. The van der Waals surface area contributed by atoms with Gasteiger partial charge in [0.15, 0.2) is 0 Å². The molecule has 5 rings (SSSR count). The van der Waals surface area contributed by atoms with Gasteiger partial charge < -0.3 is 19.9 Å². The fraction of sp³-hybridized carbons (Fsp3) is 0.394. The summed E-state index contributed by atoms with van der Waals surface area (Å²) in [6.45, 7) is 8.52. The Morgan fingerprint density at radius 2 is 1.62 bits per heavy atom. The summed E-state index contributed by atoms with van der Waals surface area (Å²) in [4.78, 5) is 7.29. The molecule has 0 unspecified atom stereocenters. The maximum atomic E-state index is 6.41. The van der Waals surface area contributed by atoms with Gasteiger partial charge in [-0.3, -0.25) is 9.80 Å². The Morgan fingerprint density at radius 1 is 0.875 bits per heavy atom. The van der Waals surface area contributed by atoms with E-state index in [1.54, 1.807) is 7.11 Å². The maximum Gasteiger partial charge on any atom is 0.119 e. The molecule has 3 aromatic carbocycles. The van der Waals surface area contributed by atoms with Crippen molar-refractivity contribution in [2.45, 2.75) is 32.6 Å². The zero-order valence-corrected chi connectivity index (χ0v) is 24.8. The van der Waals surface area contributed by atoms with Crippen molar-refractivity contribution in [3.05, 3.63) is 88.6 Å². The SMILES string of the molecule is COc1ccc(-c2cn(CCCN)c3ccc(CN4CCN(Cc5ccccc5Cl)CC4)cc23)c(CN(C)C)c1. The van der Waals surface area contributed by atoms with E-state index in [1.807, 2.05) is 12.1 Å². The zero-order valence-electron chi connectivity index (χ0n) is 24.1. The lowest BCUT2D eigenvalue weighted by Crippen LogP contribution is -2.45. The second-order valence-corrected chi connectivity index (χ2v) is 11.5. The van der Waals surface area contributed by atoms with E-state index in [-0.39, 0.29) is 0 Å². The average Bonchev–Trinajstić information content (AvgIpc) is 3.31. The molecule has 0 aliphatic carbocycles. The molecule has 1 fully saturated rings. The van der Waals surface area contributed by atoms with Crippen molar-refractivity contribution >= 4 is 22.5 Å². The largest absolute Gasteiger partial charge is 0.497 e. The van der Waals surface area contributed by atoms with Crippen molar-refractivity contribution in [1.82, 2.24) is 19.3 Å². The van der Waals surface area contributed by atoms with Crippen LogP contribution in [0.1, 0.15) is 23.1 Å². The lowest BCUT2D eigenvalue weighted by atomic mass is 9.97. The van der Waals surface area contributed by atoms with E-state index in [9.17, 15) is 0 Å². The van der Waals surface area contributed by atoms with Crippen LogP contribution in [-0.2, 0) is 26.2 Å². The molecule has 1 aliphatic heterocycles. The molecule has 7 heteroatoms. The van der Waals surface area contributed by atoms with Crippen LogP contribution in [0, 0.1) is 0 Å². The molecule has 0 amide bonds. The van der Waals surface area contributed by atoms with Crippen LogP contribution in [-0.4, -0.2) is 73.2 Å². The Labute approximate surface area is 243 Å². The van der Waals surface area contributed by atoms with Crippen LogP contribution in [0.5, 0.6) is 5.75 Å². The maximum absolute atomic E-state index is 6.41. The van der Waals surface area contributed by atoms with Crippen LogP contribution < -0.4 is 10.5 Å². The van der Waals surface area contributed by atoms with Crippen molar-refractivity contribution in [3.63, 3.8) is 0 Å². The van der Waals surface area contributed by atoms with E-state index in [0.29, 0.717) is 6.54 Å². The van der Waals surface area contributed by atoms with Gasteiger partial charge in [-0.05, 0) is 79.6 Å². The summed E-state index contributed by atoms with van der Waals surface area (Å²) in [7, 11) is 5.95. The quantitative estimate of drug-likeness (QED) is 0.255. The first-order chi connectivity index (χ1) is 19.4. The number of benzene rings is 3. The number of halogens is 1. The fourth-order valence-electron chi connectivity index (χ4n) is 5.77. The molecule has 0 atom stereocenters. The Hall–Kier alpha value is -2.87. The number of nitrogens with two attached hydrogens (primary N) is 1. The highest BCUT2D eigenvalue weighted by Gasteiger charge is 2.20. The minimum absolute atomic E-state index is 0.684. The summed E-state index contributed by atoms with van der Waals surface area (Å²) in [5.41, 5.74) is 13.5. The molecule has 212 valence electrons. The molecule has 0 spiro atoms. The Balaban J connectivity index is 1.38. The molecular formula is C33H42ClN5O. The molecular weight excluding hydrogens is 518 g/mol. The van der Waals surface area contributed by atoms with Crippen LogP contribution in [0.2, 0.25) is 5.02 Å². The standard InChI is InChI=1S/C33H42ClN5O/c1-36(2)22-27-20-28(40-3)10-11-29(27)31-24-39(14-6-13-35)33-12-9-25(19-30(31)33)21-37-15-17-38(18-16-37)23-26-7-4-5-8-32(26)34/h4-5,7-12,19-20,24H,6,13-18,21-23,35H2,1-3H3. The van der Waals surface area contributed by atoms with Gasteiger partial charge in [0, 0.05) is 80.0 Å². The minimum atomic E-state index is 0.684. The van der Waals surface area contributed by atoms with Gasteiger partial charge in [0.1, 0.15) is 5.75 Å². The summed E-state index contributed by atoms with van der Waals surface area (Å²) < 4.78 is 7.94. The molecule has 0 radical (unpaired) electrons. The topological polar surface area (TPSA) is 49.9 Å². The van der Waals surface area contributed by atoms with E-state index in [4.69, 9.17) is 22.1 Å². The third kappa shape index (κ3) is 6.70. The van der Waals surface area contributed by atoms with Gasteiger partial charge in [0.05, 0.1) is 7.11 Å². The highest BCUT2D eigenvalue weighted by Crippen LogP contribution is 2.36. The monoisotopic (exact) mass is 559 g/mol. The molecule has 4 aromatic rings. The lowest BCUT2D eigenvalue weighted by molar-refractivity contribution is 0.122. The number of rotatable bonds is 11. The first kappa shape index (κ1) is 28.7. The Morgan fingerprint density at radius 3 is 2.33 bits per heavy atom. The molecule has 1 saturated heterocycles. The number of nitrogens with zero attached hydrogens (tertiary/aromatic N) is 4. The molecule has 40 heavy (non-hydrogen) atoms. The van der Waals surface area contributed by atoms with E-state index < -0.39 is 0 Å². The first-order valence-electron chi connectivity index (χ1n) is 14.3. The molecule has 0 saturated carbocycles. The minimum Gasteiger partial charge on any atom is -0.497 e. The van der Waals surface area contributed by atoms with Gasteiger partial charge in [0.25, 0.3) is 0 Å². The van der Waals surface area contributed by atoms with Crippen molar-refractivity contribution in [2.24, 2.45) is 5.73 Å². The number of piperazine rings is 1. The summed E-state index contributed by atoms with van der Waals surface area (Å²) in [5.74, 6) is 0.891. The van der Waals surface area contributed by atoms with Crippen LogP contribution in [0.3, 0.4) is 0 Å². The number of hydrogen-bond acceptors (Lipinski definition) is 5. The second-order valence-electron chi connectivity index (χ2n) is 11.1. The number of ether oxygens (including phenoxy) is 1. The number of aryl methyl sites for hydroxylation is 1. The van der Waals surface area contributed by atoms with Gasteiger partial charge in [-0.15, -0.1) is 0 Å². The van der Waals surface area contributed by atoms with Gasteiger partial charge in [0.2, 0.25) is 0 Å². The van der Waals surface area contributed by atoms with Gasteiger partial charge >= 0.3 is 0 Å². The van der Waals surface area contributed by atoms with Crippen molar-refractivity contribution in [2.75, 3.05) is 53.9 Å². The van der Waals surface area contributed by atoms with Crippen LogP contribution >= 0.6 is 11.6 Å². The predicted molar refractivity (Wildman–Crippen MR) is 167 cm³/mol. The van der Waals surface area contributed by atoms with Gasteiger partial charge in [-0.2, -0.15) is 0 Å². The van der Waals surface area contributed by atoms with Crippen molar-refractivity contribution in [3.8, 4) is 16.9 Å². The average molecular weight is 560 g/mol. The van der Waals surface area contributed by atoms with E-state index in [1.165, 1.54) is 38.7 Å². The molecule has 6 nitrogen and oxygen atoms in total. The van der Waals surface area contributed by atoms with Crippen molar-refractivity contribution in [1.29, 1.82) is 0 Å². The van der Waals surface area contributed by atoms with Crippen LogP contribution in [0.15, 0.2) is 66.9 Å².